The minimum Gasteiger partial charge on any atom is -0.335 e. The Kier molecular flexibility index (Phi) is 5.37. The fourth-order valence-electron chi connectivity index (χ4n) is 2.79. The van der Waals surface area contributed by atoms with Crippen molar-refractivity contribution in [2.24, 2.45) is 10.4 Å². The number of aliphatic imine (C=N–C) groups is 1. The van der Waals surface area contributed by atoms with Crippen LogP contribution in [-0.4, -0.2) is 17.0 Å². The zero-order chi connectivity index (χ0) is 15.5. The number of thioether (sulfide) groups is 1. The number of nitrogens with one attached hydrogen (secondary N) is 1. The maximum absolute atomic E-state index is 4.72. The normalized spacial score (nSPS) is 18.7. The molecule has 1 atom stereocenters. The molecule has 2 rings (SSSR count). The van der Waals surface area contributed by atoms with E-state index in [1.54, 1.807) is 0 Å². The highest BCUT2D eigenvalue weighted by atomic mass is 32.2. The summed E-state index contributed by atoms with van der Waals surface area (Å²) in [5.74, 6) is 0. The van der Waals surface area contributed by atoms with Crippen LogP contribution in [0.2, 0.25) is 0 Å². The number of hydrogen-bond acceptors (Lipinski definition) is 3. The molecule has 0 aromatic heterocycles. The van der Waals surface area contributed by atoms with Crippen molar-refractivity contribution in [2.45, 2.75) is 59.1 Å². The van der Waals surface area contributed by atoms with Crippen molar-refractivity contribution in [3.05, 3.63) is 29.3 Å². The van der Waals surface area contributed by atoms with Crippen molar-refractivity contribution in [3.8, 4) is 0 Å². The van der Waals surface area contributed by atoms with E-state index in [0.717, 1.165) is 24.6 Å². The summed E-state index contributed by atoms with van der Waals surface area (Å²) in [6, 6.07) is 6.59. The van der Waals surface area contributed by atoms with Crippen LogP contribution in [0.3, 0.4) is 0 Å². The summed E-state index contributed by atoms with van der Waals surface area (Å²) in [5.41, 5.74) is 4.43. The number of benzene rings is 1. The standard InChI is InChI=1S/C18H28N2S/c1-6-13-9-8-10-14(7-2)16(13)20-17-19-12-15(21-17)11-18(3,4)5/h8-10,15H,6-7,11-12H2,1-5H3,(H,19,20). The molecule has 0 saturated heterocycles. The molecule has 1 unspecified atom stereocenters. The molecular formula is C18H28N2S. The van der Waals surface area contributed by atoms with Gasteiger partial charge < -0.3 is 5.32 Å². The number of rotatable bonds is 4. The van der Waals surface area contributed by atoms with Crippen molar-refractivity contribution < 1.29 is 0 Å². The number of amidine groups is 1. The number of para-hydroxylation sites is 1. The first-order valence-electron chi connectivity index (χ1n) is 8.02. The second kappa shape index (κ2) is 6.87. The van der Waals surface area contributed by atoms with Gasteiger partial charge in [0.25, 0.3) is 0 Å². The average molecular weight is 305 g/mol. The first-order valence-corrected chi connectivity index (χ1v) is 8.89. The summed E-state index contributed by atoms with van der Waals surface area (Å²) in [6.07, 6.45) is 3.32. The van der Waals surface area contributed by atoms with Crippen LogP contribution in [0.15, 0.2) is 23.2 Å². The number of nitrogens with zero attached hydrogens (tertiary/aromatic N) is 1. The molecule has 1 aromatic rings. The molecule has 0 spiro atoms. The number of anilines is 1. The van der Waals surface area contributed by atoms with Crippen molar-refractivity contribution in [1.29, 1.82) is 0 Å². The van der Waals surface area contributed by atoms with E-state index in [9.17, 15) is 0 Å². The summed E-state index contributed by atoms with van der Waals surface area (Å²) in [6.45, 7) is 12.3. The fraction of sp³-hybridized carbons (Fsp3) is 0.611. The molecule has 0 fully saturated rings. The Morgan fingerprint density at radius 1 is 1.19 bits per heavy atom. The maximum Gasteiger partial charge on any atom is 0.161 e. The molecule has 2 nitrogen and oxygen atoms in total. The Balaban J connectivity index is 2.07. The van der Waals surface area contributed by atoms with E-state index in [-0.39, 0.29) is 0 Å². The summed E-state index contributed by atoms with van der Waals surface area (Å²) < 4.78 is 0. The van der Waals surface area contributed by atoms with Gasteiger partial charge in [-0.05, 0) is 35.8 Å². The molecule has 1 aliphatic heterocycles. The summed E-state index contributed by atoms with van der Waals surface area (Å²) >= 11 is 1.91. The first kappa shape index (κ1) is 16.4. The predicted molar refractivity (Wildman–Crippen MR) is 96.6 cm³/mol. The highest BCUT2D eigenvalue weighted by Gasteiger charge is 2.25. The van der Waals surface area contributed by atoms with Crippen LogP contribution in [-0.2, 0) is 12.8 Å². The quantitative estimate of drug-likeness (QED) is 0.833. The fourth-order valence-corrected chi connectivity index (χ4v) is 4.14. The van der Waals surface area contributed by atoms with Gasteiger partial charge in [-0.2, -0.15) is 0 Å². The lowest BCUT2D eigenvalue weighted by Crippen LogP contribution is -2.16. The molecule has 0 bridgehead atoms. The molecule has 116 valence electrons. The van der Waals surface area contributed by atoms with Crippen LogP contribution in [0, 0.1) is 5.41 Å². The molecule has 1 N–H and O–H groups in total. The van der Waals surface area contributed by atoms with Crippen LogP contribution in [0.1, 0.15) is 52.2 Å². The molecule has 0 amide bonds. The van der Waals surface area contributed by atoms with Gasteiger partial charge in [-0.25, -0.2) is 0 Å². The van der Waals surface area contributed by atoms with E-state index >= 15 is 0 Å². The molecule has 1 aromatic carbocycles. The second-order valence-corrected chi connectivity index (χ2v) is 8.22. The lowest BCUT2D eigenvalue weighted by atomic mass is 9.90. The maximum atomic E-state index is 4.72. The van der Waals surface area contributed by atoms with Crippen molar-refractivity contribution in [1.82, 2.24) is 0 Å². The van der Waals surface area contributed by atoms with Crippen LogP contribution in [0.5, 0.6) is 0 Å². The molecule has 0 saturated carbocycles. The van der Waals surface area contributed by atoms with Gasteiger partial charge in [0.05, 0.1) is 6.54 Å². The third-order valence-electron chi connectivity index (χ3n) is 3.79. The van der Waals surface area contributed by atoms with E-state index in [2.05, 4.69) is 58.1 Å². The second-order valence-electron chi connectivity index (χ2n) is 6.93. The molecular weight excluding hydrogens is 276 g/mol. The van der Waals surface area contributed by atoms with E-state index in [1.165, 1.54) is 23.2 Å². The molecule has 1 heterocycles. The lowest BCUT2D eigenvalue weighted by molar-refractivity contribution is 0.375. The highest BCUT2D eigenvalue weighted by molar-refractivity contribution is 8.15. The topological polar surface area (TPSA) is 24.4 Å². The van der Waals surface area contributed by atoms with Crippen molar-refractivity contribution >= 4 is 22.6 Å². The zero-order valence-corrected chi connectivity index (χ0v) is 14.8. The Labute approximate surface area is 133 Å². The monoisotopic (exact) mass is 304 g/mol. The van der Waals surface area contributed by atoms with Gasteiger partial charge in [-0.3, -0.25) is 4.99 Å². The van der Waals surface area contributed by atoms with E-state index in [1.807, 2.05) is 11.8 Å². The third kappa shape index (κ3) is 4.50. The first-order chi connectivity index (χ1) is 9.93. The van der Waals surface area contributed by atoms with Gasteiger partial charge in [-0.1, -0.05) is 64.6 Å². The largest absolute Gasteiger partial charge is 0.335 e. The number of hydrogen-bond donors (Lipinski definition) is 1. The summed E-state index contributed by atoms with van der Waals surface area (Å²) in [5, 5.41) is 5.32. The van der Waals surface area contributed by atoms with Gasteiger partial charge in [0.15, 0.2) is 5.17 Å². The molecule has 21 heavy (non-hydrogen) atoms. The molecule has 0 aliphatic carbocycles. The zero-order valence-electron chi connectivity index (χ0n) is 14.0. The minimum atomic E-state index is 0.374. The van der Waals surface area contributed by atoms with Gasteiger partial charge in [0.2, 0.25) is 0 Å². The Morgan fingerprint density at radius 2 is 1.81 bits per heavy atom. The number of aryl methyl sites for hydroxylation is 2. The van der Waals surface area contributed by atoms with Crippen LogP contribution >= 0.6 is 11.8 Å². The Morgan fingerprint density at radius 3 is 2.33 bits per heavy atom. The van der Waals surface area contributed by atoms with Crippen LogP contribution < -0.4 is 5.32 Å². The van der Waals surface area contributed by atoms with Gasteiger partial charge in [0.1, 0.15) is 0 Å². The molecule has 1 aliphatic rings. The SMILES string of the molecule is CCc1cccc(CC)c1NC1=NCC(CC(C)(C)C)S1. The van der Waals surface area contributed by atoms with Gasteiger partial charge >= 0.3 is 0 Å². The highest BCUT2D eigenvalue weighted by Crippen LogP contribution is 2.33. The van der Waals surface area contributed by atoms with E-state index < -0.39 is 0 Å². The minimum absolute atomic E-state index is 0.374. The Bertz CT molecular complexity index is 492. The van der Waals surface area contributed by atoms with Gasteiger partial charge in [-0.15, -0.1) is 0 Å². The van der Waals surface area contributed by atoms with Crippen molar-refractivity contribution in [3.63, 3.8) is 0 Å². The smallest absolute Gasteiger partial charge is 0.161 e. The predicted octanol–water partition coefficient (Wildman–Crippen LogP) is 5.13. The van der Waals surface area contributed by atoms with Crippen molar-refractivity contribution in [2.75, 3.05) is 11.9 Å². The average Bonchev–Trinajstić information content (AvgIpc) is 2.84. The van der Waals surface area contributed by atoms with E-state index in [4.69, 9.17) is 4.99 Å². The summed E-state index contributed by atoms with van der Waals surface area (Å²) in [4.78, 5) is 4.72. The van der Waals surface area contributed by atoms with Gasteiger partial charge in [0, 0.05) is 10.9 Å². The lowest BCUT2D eigenvalue weighted by Gasteiger charge is -2.22. The Hall–Kier alpha value is -0.960. The molecule has 3 heteroatoms. The third-order valence-corrected chi connectivity index (χ3v) is 4.89. The van der Waals surface area contributed by atoms with Crippen LogP contribution in [0.4, 0.5) is 5.69 Å². The van der Waals surface area contributed by atoms with Crippen LogP contribution in [0.25, 0.3) is 0 Å². The summed E-state index contributed by atoms with van der Waals surface area (Å²) in [7, 11) is 0. The molecule has 0 radical (unpaired) electrons. The van der Waals surface area contributed by atoms with E-state index in [0.29, 0.717) is 10.7 Å².